The second kappa shape index (κ2) is 9.97. The summed E-state index contributed by atoms with van der Waals surface area (Å²) in [4.78, 5) is 47.8. The number of rotatable bonds is 9. The predicted octanol–water partition coefficient (Wildman–Crippen LogP) is 1.93. The smallest absolute Gasteiger partial charge is 0.295 e. The Balaban J connectivity index is 2.14. The fraction of sp³-hybridized carbons (Fsp3) is 0.238. The molecule has 1 atom stereocenters. The zero-order valence-corrected chi connectivity index (χ0v) is 17.1. The Kier molecular flexibility index (Phi) is 7.10. The highest BCUT2D eigenvalue weighted by molar-refractivity contribution is 6.46. The van der Waals surface area contributed by atoms with Crippen LogP contribution in [0.5, 0.6) is 0 Å². The zero-order valence-electron chi connectivity index (χ0n) is 17.1. The molecule has 2 aromatic carbocycles. The van der Waals surface area contributed by atoms with E-state index in [0.717, 1.165) is 11.0 Å². The average molecular weight is 457 g/mol. The summed E-state index contributed by atoms with van der Waals surface area (Å²) in [5.41, 5.74) is -0.850. The van der Waals surface area contributed by atoms with Crippen molar-refractivity contribution in [3.63, 3.8) is 0 Å². The van der Waals surface area contributed by atoms with Gasteiger partial charge in [0.25, 0.3) is 23.1 Å². The van der Waals surface area contributed by atoms with Crippen LogP contribution in [0.2, 0.25) is 0 Å². The van der Waals surface area contributed by atoms with E-state index in [0.29, 0.717) is 0 Å². The third kappa shape index (κ3) is 4.86. The molecule has 3 rings (SSSR count). The van der Waals surface area contributed by atoms with E-state index >= 15 is 0 Å². The Hall–Kier alpha value is -4.16. The molecule has 12 heteroatoms. The van der Waals surface area contributed by atoms with Crippen LogP contribution >= 0.6 is 0 Å². The van der Waals surface area contributed by atoms with E-state index in [4.69, 9.17) is 9.84 Å². The van der Waals surface area contributed by atoms with Crippen molar-refractivity contribution in [2.75, 3.05) is 26.4 Å². The average Bonchev–Trinajstić information content (AvgIpc) is 3.06. The lowest BCUT2D eigenvalue weighted by molar-refractivity contribution is -0.385. The molecule has 0 radical (unpaired) electrons. The van der Waals surface area contributed by atoms with E-state index in [9.17, 15) is 34.9 Å². The first-order valence-electron chi connectivity index (χ1n) is 9.72. The highest BCUT2D eigenvalue weighted by Gasteiger charge is 2.46. The minimum atomic E-state index is -1.19. The Morgan fingerprint density at radius 2 is 1.64 bits per heavy atom. The standard InChI is InChI=1S/C21H19N3O9/c25-8-10-33-9-7-22-18(13-3-1-5-15(11-13)23(29)30)17(20(27)21(22)28)19(26)14-4-2-6-16(12-14)24(31)32/h1-6,11-12,18,25-26H,7-10H2. The minimum Gasteiger partial charge on any atom is -0.507 e. The molecule has 0 aromatic heterocycles. The van der Waals surface area contributed by atoms with Crippen molar-refractivity contribution in [2.24, 2.45) is 0 Å². The Morgan fingerprint density at radius 3 is 2.27 bits per heavy atom. The van der Waals surface area contributed by atoms with Gasteiger partial charge in [-0.05, 0) is 5.56 Å². The molecule has 0 saturated carbocycles. The molecule has 1 saturated heterocycles. The normalized spacial score (nSPS) is 17.4. The summed E-state index contributed by atoms with van der Waals surface area (Å²) in [6.45, 7) is -0.404. The molecule has 1 amide bonds. The van der Waals surface area contributed by atoms with Crippen molar-refractivity contribution in [3.8, 4) is 0 Å². The topological polar surface area (TPSA) is 173 Å². The molecule has 12 nitrogen and oxygen atoms in total. The molecule has 33 heavy (non-hydrogen) atoms. The van der Waals surface area contributed by atoms with Crippen molar-refractivity contribution in [1.29, 1.82) is 0 Å². The van der Waals surface area contributed by atoms with Crippen LogP contribution in [-0.2, 0) is 14.3 Å². The van der Waals surface area contributed by atoms with Gasteiger partial charge in [0.05, 0.1) is 41.3 Å². The van der Waals surface area contributed by atoms with E-state index in [1.807, 2.05) is 0 Å². The molecule has 2 aromatic rings. The van der Waals surface area contributed by atoms with E-state index < -0.39 is 33.3 Å². The summed E-state index contributed by atoms with van der Waals surface area (Å²) in [5, 5.41) is 42.1. The first-order valence-corrected chi connectivity index (χ1v) is 9.72. The van der Waals surface area contributed by atoms with Gasteiger partial charge in [0.2, 0.25) is 0 Å². The largest absolute Gasteiger partial charge is 0.507 e. The summed E-state index contributed by atoms with van der Waals surface area (Å²) in [5.74, 6) is -2.66. The highest BCUT2D eigenvalue weighted by atomic mass is 16.6. The molecule has 1 heterocycles. The number of nitro groups is 2. The number of Topliss-reactive ketones (excluding diaryl/α,β-unsaturated/α-hetero) is 1. The van der Waals surface area contributed by atoms with Crippen molar-refractivity contribution in [2.45, 2.75) is 6.04 Å². The van der Waals surface area contributed by atoms with Crippen LogP contribution in [0.25, 0.3) is 5.76 Å². The van der Waals surface area contributed by atoms with Gasteiger partial charge in [-0.15, -0.1) is 0 Å². The number of aliphatic hydroxyl groups is 2. The van der Waals surface area contributed by atoms with E-state index in [1.165, 1.54) is 42.5 Å². The number of carbonyl (C=O) groups excluding carboxylic acids is 2. The highest BCUT2D eigenvalue weighted by Crippen LogP contribution is 2.40. The van der Waals surface area contributed by atoms with E-state index in [1.54, 1.807) is 0 Å². The molecular weight excluding hydrogens is 438 g/mol. The SMILES string of the molecule is O=C1C(=O)N(CCOCCO)C(c2cccc([N+](=O)[O-])c2)C1=C(O)c1cccc([N+](=O)[O-])c1. The molecule has 0 bridgehead atoms. The first kappa shape index (κ1) is 23.5. The lowest BCUT2D eigenvalue weighted by Gasteiger charge is -2.25. The Bertz CT molecular complexity index is 1150. The summed E-state index contributed by atoms with van der Waals surface area (Å²) in [6.07, 6.45) is 0. The second-order valence-electron chi connectivity index (χ2n) is 6.99. The molecule has 1 aliphatic rings. The van der Waals surface area contributed by atoms with Crippen molar-refractivity contribution < 1.29 is 34.4 Å². The molecule has 2 N–H and O–H groups in total. The molecule has 0 spiro atoms. The summed E-state index contributed by atoms with van der Waals surface area (Å²) < 4.78 is 5.18. The van der Waals surface area contributed by atoms with Crippen LogP contribution < -0.4 is 0 Å². The number of benzene rings is 2. The molecule has 172 valence electrons. The summed E-state index contributed by atoms with van der Waals surface area (Å²) in [6, 6.07) is 8.97. The molecule has 1 aliphatic heterocycles. The second-order valence-corrected chi connectivity index (χ2v) is 6.99. The maximum atomic E-state index is 12.9. The van der Waals surface area contributed by atoms with Crippen LogP contribution in [0, 0.1) is 20.2 Å². The van der Waals surface area contributed by atoms with Crippen molar-refractivity contribution in [3.05, 3.63) is 85.5 Å². The first-order chi connectivity index (χ1) is 15.8. The van der Waals surface area contributed by atoms with Gasteiger partial charge in [-0.3, -0.25) is 29.8 Å². The Morgan fingerprint density at radius 1 is 1.00 bits per heavy atom. The zero-order chi connectivity index (χ0) is 24.1. The van der Waals surface area contributed by atoms with Crippen LogP contribution in [0.15, 0.2) is 54.1 Å². The number of non-ortho nitro benzene ring substituents is 2. The van der Waals surface area contributed by atoms with Gasteiger partial charge in [0.1, 0.15) is 5.76 Å². The number of amides is 1. The van der Waals surface area contributed by atoms with Crippen LogP contribution in [-0.4, -0.2) is 63.0 Å². The van der Waals surface area contributed by atoms with Gasteiger partial charge < -0.3 is 19.8 Å². The number of ether oxygens (including phenoxy) is 1. The number of nitro benzene ring substituents is 2. The fourth-order valence-corrected chi connectivity index (χ4v) is 3.52. The molecule has 0 aliphatic carbocycles. The van der Waals surface area contributed by atoms with Crippen molar-refractivity contribution >= 4 is 28.8 Å². The van der Waals surface area contributed by atoms with Crippen LogP contribution in [0.1, 0.15) is 17.2 Å². The number of hydrogen-bond acceptors (Lipinski definition) is 9. The van der Waals surface area contributed by atoms with Crippen LogP contribution in [0.4, 0.5) is 11.4 Å². The third-order valence-electron chi connectivity index (χ3n) is 4.98. The number of likely N-dealkylation sites (tertiary alicyclic amines) is 1. The van der Waals surface area contributed by atoms with Gasteiger partial charge in [-0.25, -0.2) is 0 Å². The summed E-state index contributed by atoms with van der Waals surface area (Å²) in [7, 11) is 0. The van der Waals surface area contributed by atoms with Gasteiger partial charge in [-0.1, -0.05) is 24.3 Å². The van der Waals surface area contributed by atoms with Gasteiger partial charge in [-0.2, -0.15) is 0 Å². The maximum absolute atomic E-state index is 12.9. The number of aliphatic hydroxyl groups excluding tert-OH is 2. The van der Waals surface area contributed by atoms with Crippen LogP contribution in [0.3, 0.4) is 0 Å². The number of ketones is 1. The number of carbonyl (C=O) groups is 2. The predicted molar refractivity (Wildman–Crippen MR) is 113 cm³/mol. The Labute approximate surface area is 186 Å². The van der Waals surface area contributed by atoms with Gasteiger partial charge in [0, 0.05) is 36.4 Å². The number of nitrogens with zero attached hydrogens (tertiary/aromatic N) is 3. The quantitative estimate of drug-likeness (QED) is 0.142. The van der Waals surface area contributed by atoms with E-state index in [2.05, 4.69) is 0 Å². The fourth-order valence-electron chi connectivity index (χ4n) is 3.52. The third-order valence-corrected chi connectivity index (χ3v) is 4.98. The monoisotopic (exact) mass is 457 g/mol. The molecule has 1 unspecified atom stereocenters. The van der Waals surface area contributed by atoms with Gasteiger partial charge >= 0.3 is 0 Å². The minimum absolute atomic E-state index is 0.000911. The molecular formula is C21H19N3O9. The maximum Gasteiger partial charge on any atom is 0.295 e. The van der Waals surface area contributed by atoms with Gasteiger partial charge in [0.15, 0.2) is 0 Å². The van der Waals surface area contributed by atoms with E-state index in [-0.39, 0.29) is 54.4 Å². The molecule has 1 fully saturated rings. The lowest BCUT2D eigenvalue weighted by atomic mass is 9.95. The lowest BCUT2D eigenvalue weighted by Crippen LogP contribution is -2.33. The summed E-state index contributed by atoms with van der Waals surface area (Å²) >= 11 is 0. The van der Waals surface area contributed by atoms with Crippen molar-refractivity contribution in [1.82, 2.24) is 4.90 Å². The number of hydrogen-bond donors (Lipinski definition) is 2.